The predicted molar refractivity (Wildman–Crippen MR) is 78.0 cm³/mol. The number of morpholine rings is 1. The zero-order valence-electron chi connectivity index (χ0n) is 12.2. The first-order valence-electron chi connectivity index (χ1n) is 6.93. The van der Waals surface area contributed by atoms with E-state index in [1.54, 1.807) is 6.07 Å². The van der Waals surface area contributed by atoms with E-state index in [-0.39, 0.29) is 24.9 Å². The lowest BCUT2D eigenvalue weighted by atomic mass is 10.2. The van der Waals surface area contributed by atoms with Gasteiger partial charge in [0.2, 0.25) is 5.88 Å². The van der Waals surface area contributed by atoms with E-state index in [9.17, 15) is 5.11 Å². The summed E-state index contributed by atoms with van der Waals surface area (Å²) in [6.45, 7) is 7.12. The summed E-state index contributed by atoms with van der Waals surface area (Å²) < 4.78 is 11.2. The van der Waals surface area contributed by atoms with Crippen LogP contribution in [-0.2, 0) is 4.74 Å². The summed E-state index contributed by atoms with van der Waals surface area (Å²) in [4.78, 5) is 6.60. The third-order valence-corrected chi connectivity index (χ3v) is 3.23. The lowest BCUT2D eigenvalue weighted by molar-refractivity contribution is -0.0106. The number of nitrogens with zero attached hydrogens (tertiary/aromatic N) is 2. The molecule has 0 radical (unpaired) electrons. The van der Waals surface area contributed by atoms with Crippen molar-refractivity contribution in [1.29, 1.82) is 0 Å². The van der Waals surface area contributed by atoms with Crippen LogP contribution in [0, 0.1) is 0 Å². The van der Waals surface area contributed by atoms with Crippen molar-refractivity contribution in [2.24, 2.45) is 0 Å². The van der Waals surface area contributed by atoms with Crippen molar-refractivity contribution in [1.82, 2.24) is 4.98 Å². The topological polar surface area (TPSA) is 80.8 Å². The van der Waals surface area contributed by atoms with Crippen molar-refractivity contribution in [3.63, 3.8) is 0 Å². The van der Waals surface area contributed by atoms with Gasteiger partial charge in [0.1, 0.15) is 5.82 Å². The Hall–Kier alpha value is -1.53. The zero-order chi connectivity index (χ0) is 14.7. The average Bonchev–Trinajstić information content (AvgIpc) is 2.41. The normalized spacial score (nSPS) is 23.1. The minimum atomic E-state index is -0.181. The van der Waals surface area contributed by atoms with Crippen LogP contribution in [0.2, 0.25) is 0 Å². The molecule has 6 nitrogen and oxygen atoms in total. The van der Waals surface area contributed by atoms with Crippen LogP contribution in [0.1, 0.15) is 20.8 Å². The van der Waals surface area contributed by atoms with Crippen LogP contribution in [0.3, 0.4) is 0 Å². The number of aromatic nitrogens is 1. The van der Waals surface area contributed by atoms with Crippen molar-refractivity contribution >= 4 is 11.5 Å². The monoisotopic (exact) mass is 281 g/mol. The number of nitrogen functional groups attached to an aromatic ring is 1. The second-order valence-corrected chi connectivity index (χ2v) is 5.37. The first kappa shape index (κ1) is 14.9. The highest BCUT2D eigenvalue weighted by Gasteiger charge is 2.27. The maximum Gasteiger partial charge on any atom is 0.239 e. The van der Waals surface area contributed by atoms with E-state index in [0.29, 0.717) is 24.7 Å². The fraction of sp³-hybridized carbons (Fsp3) is 0.643. The van der Waals surface area contributed by atoms with Gasteiger partial charge in [-0.05, 0) is 32.9 Å². The molecule has 1 aromatic heterocycles. The molecule has 6 heteroatoms. The quantitative estimate of drug-likeness (QED) is 0.858. The van der Waals surface area contributed by atoms with Crippen LogP contribution in [0.5, 0.6) is 5.88 Å². The highest BCUT2D eigenvalue weighted by atomic mass is 16.5. The number of nitrogens with two attached hydrogens (primary N) is 1. The summed E-state index contributed by atoms with van der Waals surface area (Å²) in [5, 5.41) is 9.24. The molecule has 1 aromatic rings. The molecule has 0 aliphatic carbocycles. The molecule has 0 spiro atoms. The number of hydrogen-bond acceptors (Lipinski definition) is 6. The number of aliphatic hydroxyl groups excluding tert-OH is 1. The molecule has 3 N–H and O–H groups in total. The highest BCUT2D eigenvalue weighted by molar-refractivity contribution is 5.55. The van der Waals surface area contributed by atoms with Crippen LogP contribution in [0.15, 0.2) is 12.1 Å². The first-order chi connectivity index (χ1) is 9.51. The van der Waals surface area contributed by atoms with E-state index < -0.39 is 0 Å². The van der Waals surface area contributed by atoms with Crippen molar-refractivity contribution in [2.45, 2.75) is 39.0 Å². The van der Waals surface area contributed by atoms with Gasteiger partial charge in [-0.2, -0.15) is 4.98 Å². The van der Waals surface area contributed by atoms with Crippen LogP contribution < -0.4 is 15.4 Å². The molecule has 2 rings (SSSR count). The van der Waals surface area contributed by atoms with Gasteiger partial charge < -0.3 is 25.2 Å². The minimum absolute atomic E-state index is 0.00748. The Balaban J connectivity index is 2.22. The SMILES string of the molecule is CC(C)Oc1nc(N2CC(CO)OCC2C)ccc1N. The molecule has 2 unspecified atom stereocenters. The van der Waals surface area contributed by atoms with E-state index in [1.807, 2.05) is 19.9 Å². The van der Waals surface area contributed by atoms with Crippen molar-refractivity contribution in [3.05, 3.63) is 12.1 Å². The molecular formula is C14H23N3O3. The van der Waals surface area contributed by atoms with Gasteiger partial charge >= 0.3 is 0 Å². The summed E-state index contributed by atoms with van der Waals surface area (Å²) in [7, 11) is 0. The van der Waals surface area contributed by atoms with Gasteiger partial charge in [0.15, 0.2) is 0 Å². The van der Waals surface area contributed by atoms with Gasteiger partial charge in [0, 0.05) is 6.54 Å². The van der Waals surface area contributed by atoms with Gasteiger partial charge in [-0.15, -0.1) is 0 Å². The number of rotatable bonds is 4. The van der Waals surface area contributed by atoms with Crippen LogP contribution in [-0.4, -0.2) is 48.1 Å². The third kappa shape index (κ3) is 3.32. The Bertz CT molecular complexity index is 453. The first-order valence-corrected chi connectivity index (χ1v) is 6.93. The van der Waals surface area contributed by atoms with Crippen molar-refractivity contribution in [2.75, 3.05) is 30.4 Å². The molecule has 0 aromatic carbocycles. The van der Waals surface area contributed by atoms with E-state index in [0.717, 1.165) is 5.82 Å². The predicted octanol–water partition coefficient (Wildman–Crippen LogP) is 1.04. The molecule has 1 aliphatic heterocycles. The van der Waals surface area contributed by atoms with Crippen LogP contribution in [0.25, 0.3) is 0 Å². The molecule has 2 heterocycles. The summed E-state index contributed by atoms with van der Waals surface area (Å²) in [5.74, 6) is 1.25. The second-order valence-electron chi connectivity index (χ2n) is 5.37. The molecule has 2 atom stereocenters. The maximum atomic E-state index is 9.24. The van der Waals surface area contributed by atoms with Gasteiger partial charge in [-0.1, -0.05) is 0 Å². The molecule has 0 bridgehead atoms. The summed E-state index contributed by atoms with van der Waals surface area (Å²) in [5.41, 5.74) is 6.41. The molecule has 20 heavy (non-hydrogen) atoms. The lowest BCUT2D eigenvalue weighted by Gasteiger charge is -2.38. The lowest BCUT2D eigenvalue weighted by Crippen LogP contribution is -2.50. The fourth-order valence-electron chi connectivity index (χ4n) is 2.17. The van der Waals surface area contributed by atoms with Crippen LogP contribution >= 0.6 is 0 Å². The Morgan fingerprint density at radius 2 is 2.30 bits per heavy atom. The Morgan fingerprint density at radius 3 is 2.95 bits per heavy atom. The largest absolute Gasteiger partial charge is 0.473 e. The van der Waals surface area contributed by atoms with Gasteiger partial charge in [-0.25, -0.2) is 0 Å². The standard InChI is InChI=1S/C14H23N3O3/c1-9(2)20-14-12(15)4-5-13(16-14)17-6-11(7-18)19-8-10(17)3/h4-5,9-11,18H,6-8,15H2,1-3H3. The Labute approximate surface area is 119 Å². The van der Waals surface area contributed by atoms with Crippen LogP contribution in [0.4, 0.5) is 11.5 Å². The number of aliphatic hydroxyl groups is 1. The van der Waals surface area contributed by atoms with E-state index in [2.05, 4.69) is 16.8 Å². The number of ether oxygens (including phenoxy) is 2. The van der Waals surface area contributed by atoms with E-state index >= 15 is 0 Å². The van der Waals surface area contributed by atoms with E-state index in [1.165, 1.54) is 0 Å². The fourth-order valence-corrected chi connectivity index (χ4v) is 2.17. The summed E-state index contributed by atoms with van der Waals surface area (Å²) in [6.07, 6.45) is -0.160. The van der Waals surface area contributed by atoms with E-state index in [4.69, 9.17) is 15.2 Å². The molecule has 1 saturated heterocycles. The molecule has 1 fully saturated rings. The number of hydrogen-bond donors (Lipinski definition) is 2. The Morgan fingerprint density at radius 1 is 1.55 bits per heavy atom. The van der Waals surface area contributed by atoms with Crippen molar-refractivity contribution < 1.29 is 14.6 Å². The third-order valence-electron chi connectivity index (χ3n) is 3.23. The average molecular weight is 281 g/mol. The number of anilines is 2. The zero-order valence-corrected chi connectivity index (χ0v) is 12.2. The van der Waals surface area contributed by atoms with Gasteiger partial charge in [0.05, 0.1) is 37.2 Å². The molecule has 0 saturated carbocycles. The molecule has 0 amide bonds. The second kappa shape index (κ2) is 6.28. The smallest absolute Gasteiger partial charge is 0.239 e. The van der Waals surface area contributed by atoms with Gasteiger partial charge in [-0.3, -0.25) is 0 Å². The molecule has 112 valence electrons. The van der Waals surface area contributed by atoms with Gasteiger partial charge in [0.25, 0.3) is 0 Å². The molecular weight excluding hydrogens is 258 g/mol. The summed E-state index contributed by atoms with van der Waals surface area (Å²) in [6, 6.07) is 3.87. The highest BCUT2D eigenvalue weighted by Crippen LogP contribution is 2.26. The van der Waals surface area contributed by atoms with Crippen molar-refractivity contribution in [3.8, 4) is 5.88 Å². The molecule has 1 aliphatic rings. The summed E-state index contributed by atoms with van der Waals surface area (Å²) >= 11 is 0. The Kier molecular flexibility index (Phi) is 4.67. The maximum absolute atomic E-state index is 9.24. The minimum Gasteiger partial charge on any atom is -0.473 e. The number of pyridine rings is 1.